The van der Waals surface area contributed by atoms with E-state index in [1.54, 1.807) is 6.07 Å². The molecule has 0 spiro atoms. The van der Waals surface area contributed by atoms with Crippen molar-refractivity contribution in [1.82, 2.24) is 9.97 Å². The van der Waals surface area contributed by atoms with Gasteiger partial charge in [-0.15, -0.1) is 0 Å². The molecule has 0 aromatic carbocycles. The molecule has 0 amide bonds. The highest BCUT2D eigenvalue weighted by atomic mass is 16.3. The number of nitrogens with zero attached hydrogens (tertiary/aromatic N) is 2. The van der Waals surface area contributed by atoms with Gasteiger partial charge >= 0.3 is 0 Å². The molecular formula is C12H21N5O. The molecule has 0 saturated heterocycles. The number of anilines is 2. The van der Waals surface area contributed by atoms with E-state index in [-0.39, 0.29) is 12.6 Å². The lowest BCUT2D eigenvalue weighted by molar-refractivity contribution is 0.249. The van der Waals surface area contributed by atoms with Gasteiger partial charge in [0.1, 0.15) is 17.5 Å². The number of nitrogen functional groups attached to an aromatic ring is 1. The van der Waals surface area contributed by atoms with Crippen LogP contribution in [0.25, 0.3) is 0 Å². The minimum absolute atomic E-state index is 0.0161. The highest BCUT2D eigenvalue weighted by Crippen LogP contribution is 2.38. The predicted molar refractivity (Wildman–Crippen MR) is 71.2 cm³/mol. The molecule has 1 fully saturated rings. The Hall–Kier alpha value is -1.40. The first-order chi connectivity index (χ1) is 8.63. The average Bonchev–Trinajstić information content (AvgIpc) is 3.19. The Morgan fingerprint density at radius 1 is 1.39 bits per heavy atom. The zero-order chi connectivity index (χ0) is 13.1. The van der Waals surface area contributed by atoms with Crippen molar-refractivity contribution in [3.8, 4) is 0 Å². The van der Waals surface area contributed by atoms with Crippen LogP contribution in [0.5, 0.6) is 0 Å². The number of hydrogen-bond donors (Lipinski definition) is 4. The molecule has 1 aromatic rings. The Morgan fingerprint density at radius 2 is 2.06 bits per heavy atom. The summed E-state index contributed by atoms with van der Waals surface area (Å²) in [5.74, 6) is 8.35. The van der Waals surface area contributed by atoms with Crippen molar-refractivity contribution in [2.45, 2.75) is 38.6 Å². The Morgan fingerprint density at radius 3 is 2.56 bits per heavy atom. The lowest BCUT2D eigenvalue weighted by Gasteiger charge is -2.21. The summed E-state index contributed by atoms with van der Waals surface area (Å²) in [6.45, 7) is 4.18. The summed E-state index contributed by atoms with van der Waals surface area (Å²) in [5, 5.41) is 12.6. The number of nitrogens with one attached hydrogen (secondary N) is 2. The second-order valence-corrected chi connectivity index (χ2v) is 5.09. The largest absolute Gasteiger partial charge is 0.394 e. The summed E-state index contributed by atoms with van der Waals surface area (Å²) in [4.78, 5) is 8.83. The predicted octanol–water partition coefficient (Wildman–Crippen LogP) is 1.07. The van der Waals surface area contributed by atoms with Gasteiger partial charge in [0.15, 0.2) is 0 Å². The number of aromatic nitrogens is 2. The number of aliphatic hydroxyl groups excluding tert-OH is 1. The zero-order valence-corrected chi connectivity index (χ0v) is 10.8. The van der Waals surface area contributed by atoms with Crippen molar-refractivity contribution in [1.29, 1.82) is 0 Å². The van der Waals surface area contributed by atoms with E-state index < -0.39 is 0 Å². The maximum Gasteiger partial charge on any atom is 0.145 e. The van der Waals surface area contributed by atoms with Crippen molar-refractivity contribution < 1.29 is 5.11 Å². The highest BCUT2D eigenvalue weighted by molar-refractivity contribution is 5.48. The van der Waals surface area contributed by atoms with Gasteiger partial charge in [0.25, 0.3) is 0 Å². The molecule has 1 saturated carbocycles. The van der Waals surface area contributed by atoms with Gasteiger partial charge in [-0.1, -0.05) is 13.8 Å². The molecule has 5 N–H and O–H groups in total. The number of hydrogen-bond acceptors (Lipinski definition) is 6. The summed E-state index contributed by atoms with van der Waals surface area (Å²) in [5.41, 5.74) is 2.56. The van der Waals surface area contributed by atoms with Gasteiger partial charge in [-0.2, -0.15) is 0 Å². The van der Waals surface area contributed by atoms with Crippen LogP contribution in [-0.4, -0.2) is 27.7 Å². The van der Waals surface area contributed by atoms with E-state index in [1.807, 2.05) is 0 Å². The van der Waals surface area contributed by atoms with Gasteiger partial charge < -0.3 is 15.8 Å². The summed E-state index contributed by atoms with van der Waals surface area (Å²) in [7, 11) is 0. The van der Waals surface area contributed by atoms with Crippen LogP contribution in [0.3, 0.4) is 0 Å². The van der Waals surface area contributed by atoms with Crippen LogP contribution in [0.4, 0.5) is 11.6 Å². The SMILES string of the molecule is CC(C)C(CO)Nc1cc(NN)nc(C2CC2)n1. The topological polar surface area (TPSA) is 96.1 Å². The second-order valence-electron chi connectivity index (χ2n) is 5.09. The Labute approximate surface area is 107 Å². The third kappa shape index (κ3) is 3.08. The van der Waals surface area contributed by atoms with E-state index in [2.05, 4.69) is 34.6 Å². The van der Waals surface area contributed by atoms with Crippen LogP contribution in [0.1, 0.15) is 38.4 Å². The minimum Gasteiger partial charge on any atom is -0.394 e. The number of nitrogens with two attached hydrogens (primary N) is 1. The smallest absolute Gasteiger partial charge is 0.145 e. The van der Waals surface area contributed by atoms with Gasteiger partial charge in [-0.25, -0.2) is 15.8 Å². The molecule has 0 aliphatic heterocycles. The molecule has 0 radical (unpaired) electrons. The molecule has 0 bridgehead atoms. The van der Waals surface area contributed by atoms with Crippen molar-refractivity contribution in [3.63, 3.8) is 0 Å². The van der Waals surface area contributed by atoms with E-state index in [4.69, 9.17) is 5.84 Å². The molecule has 2 rings (SSSR count). The third-order valence-electron chi connectivity index (χ3n) is 3.17. The van der Waals surface area contributed by atoms with Crippen LogP contribution in [0.2, 0.25) is 0 Å². The molecule has 6 heteroatoms. The summed E-state index contributed by atoms with van der Waals surface area (Å²) in [6.07, 6.45) is 2.28. The normalized spacial score (nSPS) is 16.7. The molecule has 6 nitrogen and oxygen atoms in total. The molecular weight excluding hydrogens is 230 g/mol. The molecule has 1 aromatic heterocycles. The first-order valence-electron chi connectivity index (χ1n) is 6.37. The Bertz CT molecular complexity index is 405. The first-order valence-corrected chi connectivity index (χ1v) is 6.37. The van der Waals surface area contributed by atoms with Crippen LogP contribution < -0.4 is 16.6 Å². The number of aliphatic hydroxyl groups is 1. The second kappa shape index (κ2) is 5.49. The molecule has 1 atom stereocenters. The van der Waals surface area contributed by atoms with Crippen LogP contribution in [-0.2, 0) is 0 Å². The van der Waals surface area contributed by atoms with Gasteiger partial charge in [0.05, 0.1) is 12.6 Å². The molecule has 1 heterocycles. The monoisotopic (exact) mass is 251 g/mol. The fraction of sp³-hybridized carbons (Fsp3) is 0.667. The molecule has 1 aliphatic carbocycles. The van der Waals surface area contributed by atoms with Gasteiger partial charge in [0, 0.05) is 12.0 Å². The van der Waals surface area contributed by atoms with E-state index >= 15 is 0 Å². The van der Waals surface area contributed by atoms with Crippen molar-refractivity contribution in [2.24, 2.45) is 11.8 Å². The third-order valence-corrected chi connectivity index (χ3v) is 3.17. The van der Waals surface area contributed by atoms with E-state index in [0.717, 1.165) is 18.7 Å². The van der Waals surface area contributed by atoms with Gasteiger partial charge in [-0.3, -0.25) is 0 Å². The van der Waals surface area contributed by atoms with Crippen LogP contribution >= 0.6 is 0 Å². The highest BCUT2D eigenvalue weighted by Gasteiger charge is 2.27. The minimum atomic E-state index is -0.0161. The summed E-state index contributed by atoms with van der Waals surface area (Å²) in [6, 6.07) is 1.74. The number of rotatable bonds is 6. The van der Waals surface area contributed by atoms with Crippen molar-refractivity contribution >= 4 is 11.6 Å². The van der Waals surface area contributed by atoms with E-state index in [1.165, 1.54) is 0 Å². The van der Waals surface area contributed by atoms with Crippen LogP contribution in [0, 0.1) is 5.92 Å². The lowest BCUT2D eigenvalue weighted by atomic mass is 10.1. The molecule has 100 valence electrons. The Kier molecular flexibility index (Phi) is 3.98. The van der Waals surface area contributed by atoms with Gasteiger partial charge in [0.2, 0.25) is 0 Å². The molecule has 1 aliphatic rings. The quantitative estimate of drug-likeness (QED) is 0.446. The van der Waals surface area contributed by atoms with Crippen LogP contribution in [0.15, 0.2) is 6.07 Å². The maximum atomic E-state index is 9.33. The maximum absolute atomic E-state index is 9.33. The van der Waals surface area contributed by atoms with Crippen molar-refractivity contribution in [3.05, 3.63) is 11.9 Å². The average molecular weight is 251 g/mol. The molecule has 18 heavy (non-hydrogen) atoms. The number of hydrazine groups is 1. The first kappa shape index (κ1) is 13.0. The summed E-state index contributed by atoms with van der Waals surface area (Å²) < 4.78 is 0. The summed E-state index contributed by atoms with van der Waals surface area (Å²) >= 11 is 0. The van der Waals surface area contributed by atoms with Crippen molar-refractivity contribution in [2.75, 3.05) is 17.3 Å². The van der Waals surface area contributed by atoms with E-state index in [0.29, 0.717) is 23.5 Å². The van der Waals surface area contributed by atoms with Gasteiger partial charge in [-0.05, 0) is 18.8 Å². The Balaban J connectivity index is 2.17. The zero-order valence-electron chi connectivity index (χ0n) is 10.8. The fourth-order valence-electron chi connectivity index (χ4n) is 1.75. The standard InChI is InChI=1S/C12H21N5O/c1-7(2)9(6-18)14-10-5-11(17-13)16-12(15-10)8-3-4-8/h5,7-9,18H,3-4,6,13H2,1-2H3,(H2,14,15,16,17). The lowest BCUT2D eigenvalue weighted by Crippen LogP contribution is -2.30. The van der Waals surface area contributed by atoms with E-state index in [9.17, 15) is 5.11 Å². The fourth-order valence-corrected chi connectivity index (χ4v) is 1.75. The molecule has 1 unspecified atom stereocenters.